The quantitative estimate of drug-likeness (QED) is 0.270. The van der Waals surface area contributed by atoms with Crippen LogP contribution >= 0.6 is 24.0 Å². The highest BCUT2D eigenvalue weighted by Crippen LogP contribution is 2.39. The van der Waals surface area contributed by atoms with Crippen LogP contribution in [-0.2, 0) is 4.74 Å². The molecule has 0 fully saturated rings. The molecule has 1 aliphatic heterocycles. The molecular weight excluding hydrogens is 441 g/mol. The fourth-order valence-corrected chi connectivity index (χ4v) is 2.99. The number of nitrogens with one attached hydrogen (secondary N) is 2. The summed E-state index contributed by atoms with van der Waals surface area (Å²) in [6, 6.07) is 8.41. The minimum Gasteiger partial charge on any atom is -0.487 e. The van der Waals surface area contributed by atoms with E-state index in [1.54, 1.807) is 7.05 Å². The third kappa shape index (κ3) is 7.31. The molecule has 1 aliphatic rings. The van der Waals surface area contributed by atoms with E-state index in [0.29, 0.717) is 5.92 Å². The van der Waals surface area contributed by atoms with Crippen molar-refractivity contribution in [2.75, 3.05) is 26.8 Å². The first-order valence-corrected chi connectivity index (χ1v) is 9.24. The number of aliphatic imine (C=N–C) groups is 1. The Kier molecular flexibility index (Phi) is 9.71. The molecule has 26 heavy (non-hydrogen) atoms. The molecule has 2 N–H and O–H groups in total. The Hall–Kier alpha value is -1.02. The molecule has 0 aromatic heterocycles. The van der Waals surface area contributed by atoms with Crippen LogP contribution in [0.5, 0.6) is 5.75 Å². The van der Waals surface area contributed by atoms with E-state index >= 15 is 0 Å². The lowest BCUT2D eigenvalue weighted by molar-refractivity contribution is 0.0694. The second-order valence-corrected chi connectivity index (χ2v) is 7.62. The maximum Gasteiger partial charge on any atom is 0.191 e. The standard InChI is InChI=1S/C20H33N3O2.HI/c1-15(2)14-24-12-8-11-22-19(21-5)23-17-13-20(3,4)25-18-10-7-6-9-16(17)18;/h6-7,9-10,15,17H,8,11-14H2,1-5H3,(H2,21,22,23);1H. The molecule has 5 nitrogen and oxygen atoms in total. The lowest BCUT2D eigenvalue weighted by atomic mass is 9.90. The monoisotopic (exact) mass is 475 g/mol. The van der Waals surface area contributed by atoms with Crippen LogP contribution < -0.4 is 15.4 Å². The molecule has 0 saturated carbocycles. The van der Waals surface area contributed by atoms with Gasteiger partial charge in [0.1, 0.15) is 11.4 Å². The Balaban J connectivity index is 0.00000338. The summed E-state index contributed by atoms with van der Waals surface area (Å²) < 4.78 is 11.7. The molecule has 6 heteroatoms. The van der Waals surface area contributed by atoms with Crippen LogP contribution in [-0.4, -0.2) is 38.4 Å². The molecule has 1 aromatic rings. The van der Waals surface area contributed by atoms with E-state index in [1.165, 1.54) is 5.56 Å². The molecule has 1 atom stereocenters. The first-order chi connectivity index (χ1) is 11.9. The molecule has 0 bridgehead atoms. The van der Waals surface area contributed by atoms with Crippen molar-refractivity contribution in [1.29, 1.82) is 0 Å². The molecule has 2 rings (SSSR count). The van der Waals surface area contributed by atoms with Gasteiger partial charge >= 0.3 is 0 Å². The van der Waals surface area contributed by atoms with Gasteiger partial charge in [-0.05, 0) is 32.3 Å². The maximum absolute atomic E-state index is 6.09. The van der Waals surface area contributed by atoms with E-state index in [-0.39, 0.29) is 35.6 Å². The van der Waals surface area contributed by atoms with Crippen molar-refractivity contribution in [3.05, 3.63) is 29.8 Å². The van der Waals surface area contributed by atoms with Gasteiger partial charge < -0.3 is 20.1 Å². The van der Waals surface area contributed by atoms with Crippen LogP contribution in [0.3, 0.4) is 0 Å². The average molecular weight is 475 g/mol. The van der Waals surface area contributed by atoms with Gasteiger partial charge in [0.25, 0.3) is 0 Å². The van der Waals surface area contributed by atoms with Gasteiger partial charge in [0.15, 0.2) is 5.96 Å². The Morgan fingerprint density at radius 2 is 2.08 bits per heavy atom. The molecule has 1 unspecified atom stereocenters. The van der Waals surface area contributed by atoms with Crippen molar-refractivity contribution >= 4 is 29.9 Å². The van der Waals surface area contributed by atoms with Crippen LogP contribution in [0, 0.1) is 5.92 Å². The summed E-state index contributed by atoms with van der Waals surface area (Å²) in [7, 11) is 1.81. The summed E-state index contributed by atoms with van der Waals surface area (Å²) in [5.41, 5.74) is 0.986. The Bertz CT molecular complexity index is 576. The highest BCUT2D eigenvalue weighted by molar-refractivity contribution is 14.0. The topological polar surface area (TPSA) is 54.9 Å². The van der Waals surface area contributed by atoms with Gasteiger partial charge in [-0.1, -0.05) is 32.0 Å². The van der Waals surface area contributed by atoms with Gasteiger partial charge in [-0.2, -0.15) is 0 Å². The van der Waals surface area contributed by atoms with Crippen LogP contribution in [0.2, 0.25) is 0 Å². The molecule has 0 radical (unpaired) electrons. The van der Waals surface area contributed by atoms with Gasteiger partial charge in [0, 0.05) is 38.8 Å². The predicted octanol–water partition coefficient (Wildman–Crippen LogP) is 4.13. The summed E-state index contributed by atoms with van der Waals surface area (Å²) in [5.74, 6) is 2.36. The molecule has 1 aromatic carbocycles. The van der Waals surface area contributed by atoms with E-state index in [9.17, 15) is 0 Å². The molecule has 0 amide bonds. The molecule has 0 aliphatic carbocycles. The number of benzene rings is 1. The minimum atomic E-state index is -0.199. The minimum absolute atomic E-state index is 0. The number of fused-ring (bicyclic) bond motifs is 1. The Labute approximate surface area is 175 Å². The summed E-state index contributed by atoms with van der Waals surface area (Å²) in [6.07, 6.45) is 1.85. The van der Waals surface area contributed by atoms with E-state index in [2.05, 4.69) is 55.5 Å². The lowest BCUT2D eigenvalue weighted by Crippen LogP contribution is -2.45. The zero-order valence-corrected chi connectivity index (χ0v) is 19.0. The maximum atomic E-state index is 6.09. The second-order valence-electron chi connectivity index (χ2n) is 7.62. The Morgan fingerprint density at radius 3 is 2.77 bits per heavy atom. The number of nitrogens with zero attached hydrogens (tertiary/aromatic N) is 1. The largest absolute Gasteiger partial charge is 0.487 e. The third-order valence-electron chi connectivity index (χ3n) is 4.12. The summed E-state index contributed by atoms with van der Waals surface area (Å²) in [5, 5.41) is 6.93. The molecule has 0 spiro atoms. The number of hydrogen-bond acceptors (Lipinski definition) is 3. The first-order valence-electron chi connectivity index (χ1n) is 9.24. The van der Waals surface area contributed by atoms with Gasteiger partial charge in [-0.3, -0.25) is 4.99 Å². The number of rotatable bonds is 7. The van der Waals surface area contributed by atoms with Crippen LogP contribution in [0.15, 0.2) is 29.3 Å². The average Bonchev–Trinajstić information content (AvgIpc) is 2.55. The van der Waals surface area contributed by atoms with Crippen LogP contribution in [0.25, 0.3) is 0 Å². The molecule has 1 heterocycles. The lowest BCUT2D eigenvalue weighted by Gasteiger charge is -2.38. The van der Waals surface area contributed by atoms with Gasteiger partial charge in [-0.25, -0.2) is 0 Å². The number of hydrogen-bond donors (Lipinski definition) is 2. The highest BCUT2D eigenvalue weighted by atomic mass is 127. The number of guanidine groups is 1. The first kappa shape index (κ1) is 23.0. The second kappa shape index (κ2) is 11.0. The van der Waals surface area contributed by atoms with Crippen molar-refractivity contribution < 1.29 is 9.47 Å². The smallest absolute Gasteiger partial charge is 0.191 e. The van der Waals surface area contributed by atoms with Crippen LogP contribution in [0.4, 0.5) is 0 Å². The van der Waals surface area contributed by atoms with E-state index in [0.717, 1.165) is 44.3 Å². The van der Waals surface area contributed by atoms with Gasteiger partial charge in [0.2, 0.25) is 0 Å². The van der Waals surface area contributed by atoms with E-state index < -0.39 is 0 Å². The van der Waals surface area contributed by atoms with Crippen molar-refractivity contribution in [3.63, 3.8) is 0 Å². The normalized spacial score (nSPS) is 18.5. The zero-order chi connectivity index (χ0) is 18.3. The third-order valence-corrected chi connectivity index (χ3v) is 4.12. The molecule has 148 valence electrons. The highest BCUT2D eigenvalue weighted by Gasteiger charge is 2.33. The van der Waals surface area contributed by atoms with Gasteiger partial charge in [0.05, 0.1) is 6.04 Å². The van der Waals surface area contributed by atoms with Crippen molar-refractivity contribution in [3.8, 4) is 5.75 Å². The van der Waals surface area contributed by atoms with Crippen molar-refractivity contribution in [2.24, 2.45) is 10.9 Å². The fourth-order valence-electron chi connectivity index (χ4n) is 2.99. The van der Waals surface area contributed by atoms with E-state index in [4.69, 9.17) is 9.47 Å². The van der Waals surface area contributed by atoms with Crippen molar-refractivity contribution in [2.45, 2.75) is 52.2 Å². The Morgan fingerprint density at radius 1 is 1.35 bits per heavy atom. The summed E-state index contributed by atoms with van der Waals surface area (Å²) in [6.45, 7) is 11.0. The van der Waals surface area contributed by atoms with Crippen LogP contribution in [0.1, 0.15) is 52.1 Å². The van der Waals surface area contributed by atoms with Gasteiger partial charge in [-0.15, -0.1) is 24.0 Å². The molecular formula is C20H34IN3O2. The number of halogens is 1. The number of ether oxygens (including phenoxy) is 2. The molecule has 0 saturated heterocycles. The SMILES string of the molecule is CN=C(NCCCOCC(C)C)NC1CC(C)(C)Oc2ccccc21.I. The predicted molar refractivity (Wildman–Crippen MR) is 119 cm³/mol. The fraction of sp³-hybridized carbons (Fsp3) is 0.650. The van der Waals surface area contributed by atoms with Crippen molar-refractivity contribution in [1.82, 2.24) is 10.6 Å². The zero-order valence-electron chi connectivity index (χ0n) is 16.7. The van der Waals surface area contributed by atoms with E-state index in [1.807, 2.05) is 12.1 Å². The summed E-state index contributed by atoms with van der Waals surface area (Å²) >= 11 is 0. The number of para-hydroxylation sites is 1. The summed E-state index contributed by atoms with van der Waals surface area (Å²) in [4.78, 5) is 4.36.